The van der Waals surface area contributed by atoms with E-state index in [1.807, 2.05) is 41.4 Å². The minimum Gasteiger partial charge on any atom is -0.464 e. The van der Waals surface area contributed by atoms with Crippen LogP contribution in [0.5, 0.6) is 0 Å². The largest absolute Gasteiger partial charge is 0.464 e. The molecule has 0 unspecified atom stereocenters. The van der Waals surface area contributed by atoms with E-state index in [9.17, 15) is 9.59 Å². The van der Waals surface area contributed by atoms with E-state index < -0.39 is 18.2 Å². The standard InChI is InChI=1S/C18H19NO5/c1-3-23-17(21)15-13-12(16(20)24-18(13)22-2)14-11-7-5-4-6-10(11)8-9-19(14)15/h4-9,12-15,18H,3H2,1-2H3/t12-,13+,14-,15+,18+/m1/s1. The van der Waals surface area contributed by atoms with Crippen LogP contribution in [0.3, 0.4) is 0 Å². The molecule has 3 aliphatic heterocycles. The third-order valence-corrected chi connectivity index (χ3v) is 5.08. The molecule has 1 aromatic carbocycles. The molecule has 4 rings (SSSR count). The van der Waals surface area contributed by atoms with E-state index in [0.717, 1.165) is 11.1 Å². The van der Waals surface area contributed by atoms with Crippen LogP contribution in [0.2, 0.25) is 0 Å². The lowest BCUT2D eigenvalue weighted by molar-refractivity contribution is -0.171. The highest BCUT2D eigenvalue weighted by atomic mass is 16.7. The zero-order valence-corrected chi connectivity index (χ0v) is 13.5. The zero-order valence-electron chi connectivity index (χ0n) is 13.5. The van der Waals surface area contributed by atoms with Gasteiger partial charge in [-0.15, -0.1) is 0 Å². The van der Waals surface area contributed by atoms with Gasteiger partial charge < -0.3 is 19.1 Å². The lowest BCUT2D eigenvalue weighted by atomic mass is 9.84. The minimum absolute atomic E-state index is 0.238. The molecule has 0 bridgehead atoms. The van der Waals surface area contributed by atoms with Gasteiger partial charge in [0.2, 0.25) is 6.29 Å². The van der Waals surface area contributed by atoms with Crippen molar-refractivity contribution in [2.75, 3.05) is 13.7 Å². The summed E-state index contributed by atoms with van der Waals surface area (Å²) < 4.78 is 16.0. The monoisotopic (exact) mass is 329 g/mol. The summed E-state index contributed by atoms with van der Waals surface area (Å²) in [7, 11) is 1.49. The van der Waals surface area contributed by atoms with Crippen molar-refractivity contribution in [1.29, 1.82) is 0 Å². The van der Waals surface area contributed by atoms with E-state index in [-0.39, 0.29) is 30.5 Å². The predicted molar refractivity (Wildman–Crippen MR) is 84.3 cm³/mol. The number of nitrogens with zero attached hydrogens (tertiary/aromatic N) is 1. The third kappa shape index (κ3) is 1.99. The number of hydrogen-bond acceptors (Lipinski definition) is 6. The third-order valence-electron chi connectivity index (χ3n) is 5.08. The Morgan fingerprint density at radius 3 is 2.88 bits per heavy atom. The van der Waals surface area contributed by atoms with Crippen LogP contribution in [-0.4, -0.2) is 42.9 Å². The number of carbonyl (C=O) groups is 2. The summed E-state index contributed by atoms with van der Waals surface area (Å²) in [6.07, 6.45) is 3.11. The summed E-state index contributed by atoms with van der Waals surface area (Å²) in [6.45, 7) is 2.06. The molecular weight excluding hydrogens is 310 g/mol. The van der Waals surface area contributed by atoms with Gasteiger partial charge in [0, 0.05) is 13.3 Å². The van der Waals surface area contributed by atoms with Gasteiger partial charge in [-0.1, -0.05) is 24.3 Å². The first-order chi connectivity index (χ1) is 11.7. The van der Waals surface area contributed by atoms with Crippen LogP contribution in [0.25, 0.3) is 6.08 Å². The van der Waals surface area contributed by atoms with E-state index in [1.54, 1.807) is 6.92 Å². The Labute approximate surface area is 140 Å². The number of hydrogen-bond donors (Lipinski definition) is 0. The van der Waals surface area contributed by atoms with Crippen molar-refractivity contribution in [3.8, 4) is 0 Å². The van der Waals surface area contributed by atoms with Gasteiger partial charge in [0.25, 0.3) is 0 Å². The first kappa shape index (κ1) is 15.2. The van der Waals surface area contributed by atoms with E-state index in [1.165, 1.54) is 7.11 Å². The smallest absolute Gasteiger partial charge is 0.329 e. The van der Waals surface area contributed by atoms with Crippen molar-refractivity contribution in [3.63, 3.8) is 0 Å². The molecule has 6 heteroatoms. The number of benzene rings is 1. The highest BCUT2D eigenvalue weighted by Crippen LogP contribution is 2.53. The predicted octanol–water partition coefficient (Wildman–Crippen LogP) is 1.72. The number of methoxy groups -OCH3 is 1. The molecule has 5 atom stereocenters. The Bertz CT molecular complexity index is 715. The van der Waals surface area contributed by atoms with Gasteiger partial charge in [0.1, 0.15) is 6.04 Å². The molecule has 0 aromatic heterocycles. The number of esters is 2. The second kappa shape index (κ2) is 5.63. The fraction of sp³-hybridized carbons (Fsp3) is 0.444. The maximum atomic E-state index is 12.6. The molecule has 2 saturated heterocycles. The molecular formula is C18H19NO5. The van der Waals surface area contributed by atoms with Crippen LogP contribution in [0, 0.1) is 11.8 Å². The summed E-state index contributed by atoms with van der Waals surface area (Å²) >= 11 is 0. The number of fused-ring (bicyclic) bond motifs is 5. The topological polar surface area (TPSA) is 65.1 Å². The average molecular weight is 329 g/mol. The van der Waals surface area contributed by atoms with Gasteiger partial charge in [-0.2, -0.15) is 0 Å². The quantitative estimate of drug-likeness (QED) is 0.787. The van der Waals surface area contributed by atoms with Crippen LogP contribution in [0.4, 0.5) is 0 Å². The lowest BCUT2D eigenvalue weighted by Crippen LogP contribution is -2.43. The summed E-state index contributed by atoms with van der Waals surface area (Å²) in [5.74, 6) is -1.50. The molecule has 0 saturated carbocycles. The fourth-order valence-electron chi connectivity index (χ4n) is 4.19. The normalized spacial score (nSPS) is 32.8. The molecule has 0 spiro atoms. The Morgan fingerprint density at radius 2 is 2.12 bits per heavy atom. The second-order valence-corrected chi connectivity index (χ2v) is 6.18. The summed E-state index contributed by atoms with van der Waals surface area (Å²) in [5.41, 5.74) is 2.08. The Balaban J connectivity index is 1.82. The van der Waals surface area contributed by atoms with Crippen molar-refractivity contribution >= 4 is 18.0 Å². The van der Waals surface area contributed by atoms with Gasteiger partial charge >= 0.3 is 11.9 Å². The van der Waals surface area contributed by atoms with Crippen LogP contribution < -0.4 is 0 Å². The van der Waals surface area contributed by atoms with Crippen LogP contribution in [0.1, 0.15) is 24.1 Å². The molecule has 6 nitrogen and oxygen atoms in total. The Morgan fingerprint density at radius 1 is 1.33 bits per heavy atom. The number of rotatable bonds is 3. The number of ether oxygens (including phenoxy) is 3. The second-order valence-electron chi connectivity index (χ2n) is 6.18. The molecule has 1 aromatic rings. The van der Waals surface area contributed by atoms with Gasteiger partial charge in [0.15, 0.2) is 0 Å². The van der Waals surface area contributed by atoms with Gasteiger partial charge in [0.05, 0.1) is 24.5 Å². The first-order valence-corrected chi connectivity index (χ1v) is 8.12. The highest BCUT2D eigenvalue weighted by molar-refractivity contribution is 5.84. The van der Waals surface area contributed by atoms with Crippen LogP contribution in [-0.2, 0) is 23.8 Å². The zero-order chi connectivity index (χ0) is 16.8. The Hall–Kier alpha value is -2.34. The van der Waals surface area contributed by atoms with E-state index in [4.69, 9.17) is 14.2 Å². The lowest BCUT2D eigenvalue weighted by Gasteiger charge is -2.34. The molecule has 3 heterocycles. The molecule has 3 aliphatic rings. The number of cyclic esters (lactones) is 1. The van der Waals surface area contributed by atoms with Crippen molar-refractivity contribution < 1.29 is 23.8 Å². The molecule has 0 radical (unpaired) electrons. The van der Waals surface area contributed by atoms with E-state index in [2.05, 4.69) is 0 Å². The van der Waals surface area contributed by atoms with Gasteiger partial charge in [-0.25, -0.2) is 4.79 Å². The van der Waals surface area contributed by atoms with Crippen molar-refractivity contribution in [1.82, 2.24) is 4.90 Å². The molecule has 0 N–H and O–H groups in total. The first-order valence-electron chi connectivity index (χ1n) is 8.12. The fourth-order valence-corrected chi connectivity index (χ4v) is 4.19. The maximum absolute atomic E-state index is 12.6. The van der Waals surface area contributed by atoms with Crippen molar-refractivity contribution in [2.24, 2.45) is 11.8 Å². The minimum atomic E-state index is -0.733. The SMILES string of the molecule is CCOC(=O)[C@@H]1[C@H]2[C@@H](OC)OC(=O)[C@H]2[C@H]2c3ccccc3C=CN12. The average Bonchev–Trinajstić information content (AvgIpc) is 3.10. The van der Waals surface area contributed by atoms with Crippen LogP contribution in [0.15, 0.2) is 30.5 Å². The van der Waals surface area contributed by atoms with Crippen molar-refractivity contribution in [3.05, 3.63) is 41.6 Å². The van der Waals surface area contributed by atoms with Crippen LogP contribution >= 0.6 is 0 Å². The maximum Gasteiger partial charge on any atom is 0.329 e. The summed E-state index contributed by atoms with van der Waals surface area (Å²) in [6, 6.07) is 7.06. The van der Waals surface area contributed by atoms with Crippen molar-refractivity contribution in [2.45, 2.75) is 25.3 Å². The summed E-state index contributed by atoms with van der Waals surface area (Å²) in [5, 5.41) is 0. The van der Waals surface area contributed by atoms with E-state index in [0.29, 0.717) is 0 Å². The molecule has 0 aliphatic carbocycles. The van der Waals surface area contributed by atoms with Gasteiger partial charge in [-0.3, -0.25) is 4.79 Å². The van der Waals surface area contributed by atoms with E-state index >= 15 is 0 Å². The molecule has 2 fully saturated rings. The number of carbonyl (C=O) groups excluding carboxylic acids is 2. The summed E-state index contributed by atoms with van der Waals surface area (Å²) in [4.78, 5) is 27.0. The van der Waals surface area contributed by atoms with Gasteiger partial charge in [-0.05, 0) is 24.1 Å². The molecule has 126 valence electrons. The molecule has 24 heavy (non-hydrogen) atoms. The molecule has 0 amide bonds. The highest BCUT2D eigenvalue weighted by Gasteiger charge is 2.64. The Kier molecular flexibility index (Phi) is 3.57.